The van der Waals surface area contributed by atoms with Gasteiger partial charge in [0, 0.05) is 25.3 Å². The number of aliphatic imine (C=N–C) groups is 1. The zero-order chi connectivity index (χ0) is 21.8. The molecule has 0 saturated heterocycles. The molecule has 4 rings (SSSR count). The molecule has 7 heteroatoms. The fraction of sp³-hybridized carbons (Fsp3) is 0.500. The summed E-state index contributed by atoms with van der Waals surface area (Å²) in [5.74, 6) is 1.62. The van der Waals surface area contributed by atoms with Gasteiger partial charge >= 0.3 is 0 Å². The Kier molecular flexibility index (Phi) is 6.36. The van der Waals surface area contributed by atoms with Crippen LogP contribution in [0.15, 0.2) is 52.5 Å². The molecule has 0 aromatic carbocycles. The van der Waals surface area contributed by atoms with Gasteiger partial charge in [-0.3, -0.25) is 9.99 Å². The van der Waals surface area contributed by atoms with Crippen LogP contribution in [0.5, 0.6) is 0 Å². The predicted molar refractivity (Wildman–Crippen MR) is 123 cm³/mol. The summed E-state index contributed by atoms with van der Waals surface area (Å²) in [6.45, 7) is 10.00. The number of amidine groups is 1. The predicted octanol–water partition coefficient (Wildman–Crippen LogP) is 3.94. The minimum absolute atomic E-state index is 0.00952. The van der Waals surface area contributed by atoms with E-state index in [9.17, 15) is 5.26 Å². The second kappa shape index (κ2) is 9.34. The van der Waals surface area contributed by atoms with Crippen LogP contribution in [-0.2, 0) is 0 Å². The van der Waals surface area contributed by atoms with Crippen molar-refractivity contribution in [3.63, 3.8) is 0 Å². The minimum Gasteiger partial charge on any atom is -0.389 e. The van der Waals surface area contributed by atoms with Crippen molar-refractivity contribution in [2.45, 2.75) is 58.0 Å². The smallest absolute Gasteiger partial charge is 0.156 e. The Balaban J connectivity index is 1.69. The second-order valence-corrected chi connectivity index (χ2v) is 8.49. The van der Waals surface area contributed by atoms with Gasteiger partial charge in [-0.05, 0) is 62.4 Å². The molecule has 2 aliphatic heterocycles. The number of aromatic nitrogens is 1. The Morgan fingerprint density at radius 2 is 2.29 bits per heavy atom. The van der Waals surface area contributed by atoms with Crippen molar-refractivity contribution in [1.82, 2.24) is 20.2 Å². The summed E-state index contributed by atoms with van der Waals surface area (Å²) in [6.07, 6.45) is 10.7. The fourth-order valence-corrected chi connectivity index (χ4v) is 4.44. The number of nitrogens with one attached hydrogen (secondary N) is 1. The molecular formula is C24H31N7. The molecule has 162 valence electrons. The van der Waals surface area contributed by atoms with E-state index in [0.717, 1.165) is 49.6 Å². The molecule has 2 atom stereocenters. The zero-order valence-electron chi connectivity index (χ0n) is 18.5. The number of hydrogen-bond donors (Lipinski definition) is 1. The topological polar surface area (TPSA) is 79.9 Å². The number of rotatable bonds is 9. The highest BCUT2D eigenvalue weighted by molar-refractivity contribution is 6.04. The lowest BCUT2D eigenvalue weighted by Gasteiger charge is -2.36. The van der Waals surface area contributed by atoms with Crippen LogP contribution in [0.25, 0.3) is 0 Å². The van der Waals surface area contributed by atoms with Gasteiger partial charge in [-0.1, -0.05) is 19.9 Å². The van der Waals surface area contributed by atoms with Crippen LogP contribution in [0.1, 0.15) is 63.3 Å². The number of hydrazone groups is 1. The highest BCUT2D eigenvalue weighted by Crippen LogP contribution is 2.50. The molecule has 0 spiro atoms. The van der Waals surface area contributed by atoms with E-state index in [4.69, 9.17) is 4.99 Å². The van der Waals surface area contributed by atoms with Gasteiger partial charge in [0.1, 0.15) is 12.0 Å². The van der Waals surface area contributed by atoms with Gasteiger partial charge in [0.2, 0.25) is 0 Å². The lowest BCUT2D eigenvalue weighted by molar-refractivity contribution is 0.275. The van der Waals surface area contributed by atoms with Crippen molar-refractivity contribution in [1.29, 1.82) is 5.26 Å². The molecule has 31 heavy (non-hydrogen) atoms. The third kappa shape index (κ3) is 4.34. The van der Waals surface area contributed by atoms with E-state index >= 15 is 0 Å². The average Bonchev–Trinajstić information content (AvgIpc) is 3.57. The molecular weight excluding hydrogens is 386 g/mol. The van der Waals surface area contributed by atoms with Gasteiger partial charge in [0.05, 0.1) is 23.4 Å². The summed E-state index contributed by atoms with van der Waals surface area (Å²) in [5, 5.41) is 19.4. The minimum atomic E-state index is 0.00952. The summed E-state index contributed by atoms with van der Waals surface area (Å²) in [5.41, 5.74) is 4.12. The van der Waals surface area contributed by atoms with Crippen molar-refractivity contribution in [2.24, 2.45) is 16.0 Å². The quantitative estimate of drug-likeness (QED) is 0.658. The lowest BCUT2D eigenvalue weighted by Crippen LogP contribution is -2.47. The number of unbranched alkanes of at least 4 members (excludes halogenated alkanes) is 1. The molecule has 1 aromatic rings. The molecule has 0 amide bonds. The maximum atomic E-state index is 9.35. The van der Waals surface area contributed by atoms with E-state index in [2.05, 4.69) is 51.8 Å². The van der Waals surface area contributed by atoms with Crippen LogP contribution in [0.2, 0.25) is 0 Å². The van der Waals surface area contributed by atoms with Gasteiger partial charge in [-0.2, -0.15) is 10.4 Å². The first-order chi connectivity index (χ1) is 15.2. The maximum Gasteiger partial charge on any atom is 0.156 e. The van der Waals surface area contributed by atoms with E-state index in [0.29, 0.717) is 11.5 Å². The molecule has 1 aliphatic carbocycles. The first kappa shape index (κ1) is 21.1. The van der Waals surface area contributed by atoms with Crippen LogP contribution in [0.4, 0.5) is 0 Å². The SMILES string of the molecule is C=CNCC(C)N(CCCC)C1=NC=NN2C1=C(C1CC1)CC2c1cc(C#N)ccn1. The van der Waals surface area contributed by atoms with Crippen LogP contribution in [0, 0.1) is 17.2 Å². The Bertz CT molecular complexity index is 951. The molecule has 2 unspecified atom stereocenters. The zero-order valence-corrected chi connectivity index (χ0v) is 18.5. The standard InChI is InChI=1S/C24H31N7/c1-4-6-11-30(17(3)15-26-5-2)24-23-20(19-7-8-19)13-22(31(23)29-16-28-24)21-12-18(14-25)9-10-27-21/h5,9-10,12,16-17,19,22,26H,2,4,6-8,11,13,15H2,1,3H3. The van der Waals surface area contributed by atoms with Crippen molar-refractivity contribution < 1.29 is 0 Å². The molecule has 0 bridgehead atoms. The van der Waals surface area contributed by atoms with Crippen molar-refractivity contribution in [3.05, 3.63) is 53.6 Å². The molecule has 1 N–H and O–H groups in total. The summed E-state index contributed by atoms with van der Waals surface area (Å²) >= 11 is 0. The molecule has 1 aromatic heterocycles. The van der Waals surface area contributed by atoms with Crippen molar-refractivity contribution in [2.75, 3.05) is 13.1 Å². The third-order valence-electron chi connectivity index (χ3n) is 6.25. The molecule has 1 saturated carbocycles. The normalized spacial score (nSPS) is 20.7. The first-order valence-corrected chi connectivity index (χ1v) is 11.3. The molecule has 3 heterocycles. The Hall–Kier alpha value is -3.14. The van der Waals surface area contributed by atoms with Crippen LogP contribution >= 0.6 is 0 Å². The number of pyridine rings is 1. The van der Waals surface area contributed by atoms with Crippen molar-refractivity contribution in [3.8, 4) is 6.07 Å². The third-order valence-corrected chi connectivity index (χ3v) is 6.25. The summed E-state index contributed by atoms with van der Waals surface area (Å²) in [4.78, 5) is 11.8. The van der Waals surface area contributed by atoms with E-state index in [1.54, 1.807) is 24.8 Å². The maximum absolute atomic E-state index is 9.35. The van der Waals surface area contributed by atoms with Gasteiger partial charge in [0.25, 0.3) is 0 Å². The monoisotopic (exact) mass is 417 g/mol. The van der Waals surface area contributed by atoms with Crippen LogP contribution in [-0.4, -0.2) is 46.2 Å². The Labute approximate surface area is 184 Å². The lowest BCUT2D eigenvalue weighted by atomic mass is 10.0. The molecule has 3 aliphatic rings. The van der Waals surface area contributed by atoms with E-state index in [1.807, 2.05) is 6.07 Å². The van der Waals surface area contributed by atoms with Crippen LogP contribution < -0.4 is 5.32 Å². The Morgan fingerprint density at radius 1 is 1.45 bits per heavy atom. The van der Waals surface area contributed by atoms with E-state index < -0.39 is 0 Å². The summed E-state index contributed by atoms with van der Waals surface area (Å²) in [6, 6.07) is 6.16. The number of hydrogen-bond acceptors (Lipinski definition) is 7. The molecule has 0 radical (unpaired) electrons. The molecule has 1 fully saturated rings. The first-order valence-electron chi connectivity index (χ1n) is 11.3. The largest absolute Gasteiger partial charge is 0.389 e. The number of nitrogens with zero attached hydrogens (tertiary/aromatic N) is 6. The van der Waals surface area contributed by atoms with Crippen molar-refractivity contribution >= 4 is 12.2 Å². The number of fused-ring (bicyclic) bond motifs is 1. The second-order valence-electron chi connectivity index (χ2n) is 8.49. The van der Waals surface area contributed by atoms with Gasteiger partial charge in [0.15, 0.2) is 5.84 Å². The highest BCUT2D eigenvalue weighted by atomic mass is 15.5. The highest BCUT2D eigenvalue weighted by Gasteiger charge is 2.44. The number of nitriles is 1. The van der Waals surface area contributed by atoms with Crippen LogP contribution in [0.3, 0.4) is 0 Å². The average molecular weight is 418 g/mol. The summed E-state index contributed by atoms with van der Waals surface area (Å²) in [7, 11) is 0. The fourth-order valence-electron chi connectivity index (χ4n) is 4.44. The van der Waals surface area contributed by atoms with E-state index in [1.165, 1.54) is 18.4 Å². The van der Waals surface area contributed by atoms with Gasteiger partial charge in [-0.15, -0.1) is 0 Å². The summed E-state index contributed by atoms with van der Waals surface area (Å²) < 4.78 is 0. The van der Waals surface area contributed by atoms with Gasteiger partial charge < -0.3 is 10.2 Å². The molecule has 7 nitrogen and oxygen atoms in total. The van der Waals surface area contributed by atoms with E-state index in [-0.39, 0.29) is 12.1 Å². The Morgan fingerprint density at radius 3 is 3.00 bits per heavy atom. The van der Waals surface area contributed by atoms with Gasteiger partial charge in [-0.25, -0.2) is 4.99 Å².